The fourth-order valence-electron chi connectivity index (χ4n) is 2.00. The molecule has 1 heteroatoms. The van der Waals surface area contributed by atoms with Crippen molar-refractivity contribution in [3.05, 3.63) is 0 Å². The first-order valence-electron chi connectivity index (χ1n) is 6.92. The molecule has 0 aromatic rings. The average molecular weight is 214 g/mol. The molecule has 0 aromatic carbocycles. The maximum Gasteiger partial charge on any atom is 0.0468 e. The predicted octanol–water partition coefficient (Wildman–Crippen LogP) is 4.80. The standard InChI is InChI=1S/C14H30O/c1-4-7-9-11-14(10-8-5-2)12-13-15-6-3/h14H,4-13H2,1-3H3. The molecule has 0 aliphatic heterocycles. The van der Waals surface area contributed by atoms with E-state index in [2.05, 4.69) is 20.8 Å². The summed E-state index contributed by atoms with van der Waals surface area (Å²) in [6.45, 7) is 8.48. The molecule has 0 spiro atoms. The van der Waals surface area contributed by atoms with E-state index in [1.54, 1.807) is 0 Å². The lowest BCUT2D eigenvalue weighted by Crippen LogP contribution is -2.06. The number of hydrogen-bond donors (Lipinski definition) is 0. The van der Waals surface area contributed by atoms with Crippen molar-refractivity contribution in [2.75, 3.05) is 13.2 Å². The van der Waals surface area contributed by atoms with Crippen LogP contribution in [0.15, 0.2) is 0 Å². The van der Waals surface area contributed by atoms with Crippen LogP contribution >= 0.6 is 0 Å². The van der Waals surface area contributed by atoms with Crippen LogP contribution in [0.2, 0.25) is 0 Å². The third-order valence-electron chi connectivity index (χ3n) is 3.06. The summed E-state index contributed by atoms with van der Waals surface area (Å²) in [4.78, 5) is 0. The Bertz CT molecular complexity index is 102. The molecule has 0 bridgehead atoms. The highest BCUT2D eigenvalue weighted by molar-refractivity contribution is 4.60. The molecule has 0 heterocycles. The van der Waals surface area contributed by atoms with E-state index in [0.29, 0.717) is 0 Å². The second-order valence-corrected chi connectivity index (χ2v) is 4.49. The Kier molecular flexibility index (Phi) is 12.0. The molecule has 1 nitrogen and oxygen atoms in total. The highest BCUT2D eigenvalue weighted by Crippen LogP contribution is 2.20. The molecule has 0 saturated heterocycles. The Labute approximate surface area is 96.6 Å². The van der Waals surface area contributed by atoms with Gasteiger partial charge in [0.2, 0.25) is 0 Å². The largest absolute Gasteiger partial charge is 0.382 e. The summed E-state index contributed by atoms with van der Waals surface area (Å²) in [6.07, 6.45) is 11.0. The lowest BCUT2D eigenvalue weighted by atomic mass is 9.93. The molecule has 0 aromatic heterocycles. The molecule has 0 amide bonds. The Balaban J connectivity index is 3.53. The molecule has 1 atom stereocenters. The summed E-state index contributed by atoms with van der Waals surface area (Å²) >= 11 is 0. The van der Waals surface area contributed by atoms with Crippen LogP contribution in [0.1, 0.15) is 72.1 Å². The molecule has 0 radical (unpaired) electrons. The van der Waals surface area contributed by atoms with Gasteiger partial charge in [-0.05, 0) is 19.3 Å². The van der Waals surface area contributed by atoms with Gasteiger partial charge in [0.15, 0.2) is 0 Å². The van der Waals surface area contributed by atoms with Crippen LogP contribution in [0.5, 0.6) is 0 Å². The number of hydrogen-bond acceptors (Lipinski definition) is 1. The van der Waals surface area contributed by atoms with Crippen LogP contribution in [0, 0.1) is 5.92 Å². The first-order valence-corrected chi connectivity index (χ1v) is 6.92. The molecule has 15 heavy (non-hydrogen) atoms. The smallest absolute Gasteiger partial charge is 0.0468 e. The third kappa shape index (κ3) is 10.2. The zero-order chi connectivity index (χ0) is 11.4. The van der Waals surface area contributed by atoms with Crippen LogP contribution in [0.3, 0.4) is 0 Å². The van der Waals surface area contributed by atoms with E-state index in [-0.39, 0.29) is 0 Å². The van der Waals surface area contributed by atoms with Crippen LogP contribution in [0.4, 0.5) is 0 Å². The summed E-state index contributed by atoms with van der Waals surface area (Å²) in [5.41, 5.74) is 0. The highest BCUT2D eigenvalue weighted by atomic mass is 16.5. The topological polar surface area (TPSA) is 9.23 Å². The van der Waals surface area contributed by atoms with E-state index in [4.69, 9.17) is 4.74 Å². The van der Waals surface area contributed by atoms with Crippen LogP contribution < -0.4 is 0 Å². The quantitative estimate of drug-likeness (QED) is 0.449. The molecule has 1 unspecified atom stereocenters. The SMILES string of the molecule is CCCCCC(CCCC)CCOCC. The normalized spacial score (nSPS) is 13.0. The summed E-state index contributed by atoms with van der Waals surface area (Å²) < 4.78 is 5.45. The lowest BCUT2D eigenvalue weighted by molar-refractivity contribution is 0.128. The molecule has 0 N–H and O–H groups in total. The van der Waals surface area contributed by atoms with Gasteiger partial charge in [0, 0.05) is 13.2 Å². The summed E-state index contributed by atoms with van der Waals surface area (Å²) in [6, 6.07) is 0. The maximum absolute atomic E-state index is 5.45. The predicted molar refractivity (Wildman–Crippen MR) is 68.3 cm³/mol. The van der Waals surface area contributed by atoms with E-state index >= 15 is 0 Å². The van der Waals surface area contributed by atoms with E-state index in [0.717, 1.165) is 19.1 Å². The third-order valence-corrected chi connectivity index (χ3v) is 3.06. The Morgan fingerprint density at radius 1 is 0.800 bits per heavy atom. The summed E-state index contributed by atoms with van der Waals surface area (Å²) in [7, 11) is 0. The Morgan fingerprint density at radius 3 is 2.07 bits per heavy atom. The first-order chi connectivity index (χ1) is 7.35. The molecular weight excluding hydrogens is 184 g/mol. The van der Waals surface area contributed by atoms with E-state index < -0.39 is 0 Å². The van der Waals surface area contributed by atoms with Crippen molar-refractivity contribution in [1.82, 2.24) is 0 Å². The average Bonchev–Trinajstić information content (AvgIpc) is 2.25. The van der Waals surface area contributed by atoms with Crippen molar-refractivity contribution in [3.8, 4) is 0 Å². The van der Waals surface area contributed by atoms with E-state index in [1.165, 1.54) is 51.4 Å². The van der Waals surface area contributed by atoms with E-state index in [1.807, 2.05) is 0 Å². The van der Waals surface area contributed by atoms with Gasteiger partial charge in [-0.1, -0.05) is 58.8 Å². The zero-order valence-electron chi connectivity index (χ0n) is 11.1. The van der Waals surface area contributed by atoms with Crippen molar-refractivity contribution in [1.29, 1.82) is 0 Å². The fraction of sp³-hybridized carbons (Fsp3) is 1.00. The fourth-order valence-corrected chi connectivity index (χ4v) is 2.00. The zero-order valence-corrected chi connectivity index (χ0v) is 11.1. The van der Waals surface area contributed by atoms with Crippen molar-refractivity contribution in [2.24, 2.45) is 5.92 Å². The molecule has 0 fully saturated rings. The van der Waals surface area contributed by atoms with Gasteiger partial charge >= 0.3 is 0 Å². The molecule has 92 valence electrons. The number of ether oxygens (including phenoxy) is 1. The second kappa shape index (κ2) is 12.0. The van der Waals surface area contributed by atoms with E-state index in [9.17, 15) is 0 Å². The molecule has 0 saturated carbocycles. The van der Waals surface area contributed by atoms with Gasteiger partial charge in [0.1, 0.15) is 0 Å². The van der Waals surface area contributed by atoms with Gasteiger partial charge in [-0.25, -0.2) is 0 Å². The van der Waals surface area contributed by atoms with Crippen molar-refractivity contribution in [2.45, 2.75) is 72.1 Å². The van der Waals surface area contributed by atoms with Gasteiger partial charge < -0.3 is 4.74 Å². The Hall–Kier alpha value is -0.0400. The molecular formula is C14H30O. The van der Waals surface area contributed by atoms with Crippen LogP contribution in [-0.2, 0) is 4.74 Å². The lowest BCUT2D eigenvalue weighted by Gasteiger charge is -2.16. The van der Waals surface area contributed by atoms with Gasteiger partial charge in [0.25, 0.3) is 0 Å². The van der Waals surface area contributed by atoms with Crippen LogP contribution in [-0.4, -0.2) is 13.2 Å². The first kappa shape index (κ1) is 15.0. The van der Waals surface area contributed by atoms with Crippen molar-refractivity contribution >= 4 is 0 Å². The number of rotatable bonds is 11. The monoisotopic (exact) mass is 214 g/mol. The Morgan fingerprint density at radius 2 is 1.47 bits per heavy atom. The molecule has 0 aliphatic carbocycles. The molecule has 0 rings (SSSR count). The second-order valence-electron chi connectivity index (χ2n) is 4.49. The van der Waals surface area contributed by atoms with Crippen molar-refractivity contribution < 1.29 is 4.74 Å². The van der Waals surface area contributed by atoms with Gasteiger partial charge in [-0.15, -0.1) is 0 Å². The van der Waals surface area contributed by atoms with Gasteiger partial charge in [0.05, 0.1) is 0 Å². The van der Waals surface area contributed by atoms with Crippen molar-refractivity contribution in [3.63, 3.8) is 0 Å². The number of unbranched alkanes of at least 4 members (excludes halogenated alkanes) is 3. The summed E-state index contributed by atoms with van der Waals surface area (Å²) in [5.74, 6) is 0.919. The minimum absolute atomic E-state index is 0.870. The van der Waals surface area contributed by atoms with Crippen LogP contribution in [0.25, 0.3) is 0 Å². The summed E-state index contributed by atoms with van der Waals surface area (Å²) in [5, 5.41) is 0. The minimum Gasteiger partial charge on any atom is -0.382 e. The van der Waals surface area contributed by atoms with Gasteiger partial charge in [-0.3, -0.25) is 0 Å². The van der Waals surface area contributed by atoms with Gasteiger partial charge in [-0.2, -0.15) is 0 Å². The maximum atomic E-state index is 5.45. The molecule has 0 aliphatic rings. The minimum atomic E-state index is 0.870. The highest BCUT2D eigenvalue weighted by Gasteiger charge is 2.07.